The van der Waals surface area contributed by atoms with Gasteiger partial charge in [-0.3, -0.25) is 14.4 Å². The van der Waals surface area contributed by atoms with Gasteiger partial charge in [-0.2, -0.15) is 0 Å². The van der Waals surface area contributed by atoms with E-state index in [0.717, 1.165) is 0 Å². The number of rotatable bonds is 6. The molecule has 0 bridgehead atoms. The number of nitrogens with zero attached hydrogens (tertiary/aromatic N) is 1. The van der Waals surface area contributed by atoms with E-state index >= 15 is 0 Å². The van der Waals surface area contributed by atoms with Crippen LogP contribution >= 0.6 is 0 Å². The molecule has 1 N–H and O–H groups in total. The Morgan fingerprint density at radius 3 is 2.40 bits per heavy atom. The molecule has 0 aromatic rings. The zero-order valence-corrected chi connectivity index (χ0v) is 12.3. The minimum absolute atomic E-state index is 0.0390. The first kappa shape index (κ1) is 16.5. The topological polar surface area (TPSA) is 83.9 Å². The summed E-state index contributed by atoms with van der Waals surface area (Å²) in [5.74, 6) is -1.47. The van der Waals surface area contributed by atoms with Gasteiger partial charge in [-0.15, -0.1) is 0 Å². The monoisotopic (exact) mass is 285 g/mol. The van der Waals surface area contributed by atoms with E-state index in [0.29, 0.717) is 19.6 Å². The van der Waals surface area contributed by atoms with Gasteiger partial charge in [-0.25, -0.2) is 0 Å². The van der Waals surface area contributed by atoms with E-state index in [-0.39, 0.29) is 31.2 Å². The van der Waals surface area contributed by atoms with E-state index in [1.54, 1.807) is 11.8 Å². The van der Waals surface area contributed by atoms with Crippen molar-refractivity contribution >= 4 is 17.8 Å². The molecule has 1 unspecified atom stereocenters. The number of hydrogen-bond donors (Lipinski definition) is 1. The second-order valence-electron chi connectivity index (χ2n) is 5.49. The number of likely N-dealkylation sites (tertiary alicyclic amines) is 1. The second kappa shape index (κ2) is 6.72. The van der Waals surface area contributed by atoms with Crippen molar-refractivity contribution in [3.63, 3.8) is 0 Å². The third-order valence-electron chi connectivity index (χ3n) is 4.03. The maximum absolute atomic E-state index is 12.0. The van der Waals surface area contributed by atoms with Crippen molar-refractivity contribution in [2.24, 2.45) is 11.3 Å². The lowest BCUT2D eigenvalue weighted by atomic mass is 9.76. The third kappa shape index (κ3) is 3.49. The van der Waals surface area contributed by atoms with Gasteiger partial charge >= 0.3 is 11.9 Å². The Hall–Kier alpha value is -1.59. The fourth-order valence-electron chi connectivity index (χ4n) is 2.54. The van der Waals surface area contributed by atoms with E-state index in [1.807, 2.05) is 13.8 Å². The second-order valence-corrected chi connectivity index (χ2v) is 5.49. The van der Waals surface area contributed by atoms with Crippen molar-refractivity contribution in [2.45, 2.75) is 40.0 Å². The van der Waals surface area contributed by atoms with Gasteiger partial charge in [0.25, 0.3) is 0 Å². The smallest absolute Gasteiger partial charge is 0.311 e. The molecule has 0 aromatic heterocycles. The highest BCUT2D eigenvalue weighted by molar-refractivity contribution is 5.83. The summed E-state index contributed by atoms with van der Waals surface area (Å²) in [6.07, 6.45) is 0.586. The quantitative estimate of drug-likeness (QED) is 0.743. The van der Waals surface area contributed by atoms with Crippen molar-refractivity contribution in [1.29, 1.82) is 0 Å². The number of aliphatic carboxylic acids is 1. The van der Waals surface area contributed by atoms with Crippen LogP contribution in [-0.2, 0) is 19.1 Å². The number of carboxylic acid groups (broad SMARTS) is 1. The summed E-state index contributed by atoms with van der Waals surface area (Å²) < 4.78 is 4.77. The number of ether oxygens (including phenoxy) is 1. The molecule has 1 heterocycles. The average molecular weight is 285 g/mol. The molecule has 6 nitrogen and oxygen atoms in total. The van der Waals surface area contributed by atoms with Gasteiger partial charge in [-0.1, -0.05) is 13.8 Å². The molecule has 1 aliphatic rings. The SMILES string of the molecule is CCOC(=O)CCC(=O)N1CCC(C(=O)O)(C(C)C)C1. The maximum Gasteiger partial charge on any atom is 0.311 e. The maximum atomic E-state index is 12.0. The lowest BCUT2D eigenvalue weighted by Gasteiger charge is -2.28. The molecule has 1 fully saturated rings. The largest absolute Gasteiger partial charge is 0.481 e. The van der Waals surface area contributed by atoms with Crippen molar-refractivity contribution in [1.82, 2.24) is 4.90 Å². The van der Waals surface area contributed by atoms with Gasteiger partial charge in [0.05, 0.1) is 18.4 Å². The van der Waals surface area contributed by atoms with E-state index in [9.17, 15) is 19.5 Å². The lowest BCUT2D eigenvalue weighted by Crippen LogP contribution is -2.40. The van der Waals surface area contributed by atoms with Crippen LogP contribution in [0.4, 0.5) is 0 Å². The van der Waals surface area contributed by atoms with Crippen molar-refractivity contribution in [3.8, 4) is 0 Å². The van der Waals surface area contributed by atoms with Gasteiger partial charge < -0.3 is 14.7 Å². The summed E-state index contributed by atoms with van der Waals surface area (Å²) in [4.78, 5) is 36.3. The van der Waals surface area contributed by atoms with Gasteiger partial charge in [0.1, 0.15) is 0 Å². The summed E-state index contributed by atoms with van der Waals surface area (Å²) >= 11 is 0. The van der Waals surface area contributed by atoms with Gasteiger partial charge in [0, 0.05) is 19.5 Å². The molecule has 114 valence electrons. The molecule has 1 aliphatic heterocycles. The van der Waals surface area contributed by atoms with Crippen molar-refractivity contribution in [2.75, 3.05) is 19.7 Å². The lowest BCUT2D eigenvalue weighted by molar-refractivity contribution is -0.152. The highest BCUT2D eigenvalue weighted by atomic mass is 16.5. The zero-order chi connectivity index (χ0) is 15.3. The average Bonchev–Trinajstić information content (AvgIpc) is 2.82. The molecule has 0 saturated carbocycles. The van der Waals surface area contributed by atoms with Crippen molar-refractivity contribution in [3.05, 3.63) is 0 Å². The van der Waals surface area contributed by atoms with Crippen LogP contribution in [0.3, 0.4) is 0 Å². The molecule has 20 heavy (non-hydrogen) atoms. The molecule has 1 atom stereocenters. The number of amides is 1. The number of esters is 1. The number of hydrogen-bond acceptors (Lipinski definition) is 4. The predicted octanol–water partition coefficient (Wildman–Crippen LogP) is 1.29. The fraction of sp³-hybridized carbons (Fsp3) is 0.786. The van der Waals surface area contributed by atoms with Crippen LogP contribution in [0.25, 0.3) is 0 Å². The summed E-state index contributed by atoms with van der Waals surface area (Å²) in [6, 6.07) is 0. The third-order valence-corrected chi connectivity index (χ3v) is 4.03. The molecular weight excluding hydrogens is 262 g/mol. The van der Waals surface area contributed by atoms with Crippen LogP contribution in [0.15, 0.2) is 0 Å². The number of carbonyl (C=O) groups is 3. The molecule has 0 radical (unpaired) electrons. The first-order valence-electron chi connectivity index (χ1n) is 7.00. The Morgan fingerprint density at radius 2 is 1.95 bits per heavy atom. The van der Waals surface area contributed by atoms with Crippen LogP contribution in [0.2, 0.25) is 0 Å². The van der Waals surface area contributed by atoms with Gasteiger partial charge in [0.15, 0.2) is 0 Å². The van der Waals surface area contributed by atoms with E-state index < -0.39 is 17.4 Å². The molecule has 1 saturated heterocycles. The first-order valence-corrected chi connectivity index (χ1v) is 7.00. The fourth-order valence-corrected chi connectivity index (χ4v) is 2.54. The van der Waals surface area contributed by atoms with Crippen LogP contribution in [0.1, 0.15) is 40.0 Å². The Morgan fingerprint density at radius 1 is 1.30 bits per heavy atom. The van der Waals surface area contributed by atoms with Gasteiger partial charge in [0.2, 0.25) is 5.91 Å². The van der Waals surface area contributed by atoms with Gasteiger partial charge in [-0.05, 0) is 19.3 Å². The standard InChI is InChI=1S/C14H23NO5/c1-4-20-12(17)6-5-11(16)15-8-7-14(9-15,10(2)3)13(18)19/h10H,4-9H2,1-3H3,(H,18,19). The Balaban J connectivity index is 2.56. The van der Waals surface area contributed by atoms with E-state index in [4.69, 9.17) is 4.74 Å². The molecule has 6 heteroatoms. The summed E-state index contributed by atoms with van der Waals surface area (Å²) in [6.45, 7) is 6.39. The van der Waals surface area contributed by atoms with Crippen molar-refractivity contribution < 1.29 is 24.2 Å². The molecule has 1 amide bonds. The number of carbonyl (C=O) groups excluding carboxylic acids is 2. The minimum Gasteiger partial charge on any atom is -0.481 e. The van der Waals surface area contributed by atoms with Crippen LogP contribution in [0, 0.1) is 11.3 Å². The predicted molar refractivity (Wildman–Crippen MR) is 72.0 cm³/mol. The Labute approximate surface area is 119 Å². The minimum atomic E-state index is -0.862. The molecular formula is C14H23NO5. The molecule has 1 rings (SSSR count). The first-order chi connectivity index (χ1) is 9.33. The summed E-state index contributed by atoms with van der Waals surface area (Å²) in [5.41, 5.74) is -0.862. The molecule has 0 aliphatic carbocycles. The Kier molecular flexibility index (Phi) is 5.53. The normalized spacial score (nSPS) is 22.1. The van der Waals surface area contributed by atoms with E-state index in [1.165, 1.54) is 0 Å². The summed E-state index contributed by atoms with van der Waals surface area (Å²) in [5, 5.41) is 9.41. The van der Waals surface area contributed by atoms with Crippen LogP contribution in [0.5, 0.6) is 0 Å². The zero-order valence-electron chi connectivity index (χ0n) is 12.3. The number of carboxylic acids is 1. The van der Waals surface area contributed by atoms with Crippen LogP contribution < -0.4 is 0 Å². The molecule has 0 aromatic carbocycles. The highest BCUT2D eigenvalue weighted by Crippen LogP contribution is 2.38. The van der Waals surface area contributed by atoms with E-state index in [2.05, 4.69) is 0 Å². The highest BCUT2D eigenvalue weighted by Gasteiger charge is 2.48. The molecule has 0 spiro atoms. The van der Waals surface area contributed by atoms with Crippen LogP contribution in [-0.4, -0.2) is 47.5 Å². The summed E-state index contributed by atoms with van der Waals surface area (Å²) in [7, 11) is 0. The Bertz CT molecular complexity index is 393.